The molecule has 1 amide bonds. The zero-order chi connectivity index (χ0) is 15.2. The van der Waals surface area contributed by atoms with Crippen LogP contribution in [0.3, 0.4) is 0 Å². The van der Waals surface area contributed by atoms with Crippen LogP contribution >= 0.6 is 11.3 Å². The lowest BCUT2D eigenvalue weighted by molar-refractivity contribution is -0.121. The lowest BCUT2D eigenvalue weighted by Gasteiger charge is -2.39. The van der Waals surface area contributed by atoms with Gasteiger partial charge in [-0.15, -0.1) is 0 Å². The molecular weight excluding hydrogens is 284 g/mol. The molecule has 1 fully saturated rings. The molecule has 3 atom stereocenters. The van der Waals surface area contributed by atoms with Crippen molar-refractivity contribution >= 4 is 17.2 Å². The summed E-state index contributed by atoms with van der Waals surface area (Å²) in [4.78, 5) is 14.3. The molecule has 0 unspecified atom stereocenters. The Kier molecular flexibility index (Phi) is 6.21. The summed E-state index contributed by atoms with van der Waals surface area (Å²) in [5, 5.41) is 7.21. The topological polar surface area (TPSA) is 41.6 Å². The SMILES string of the molecule is C[C@@H]1CN([C@@H](C)CNC(=O)CCc2ccsc2)C[C@H](C)O1. The third-order valence-corrected chi connectivity index (χ3v) is 4.62. The van der Waals surface area contributed by atoms with Gasteiger partial charge < -0.3 is 10.1 Å². The monoisotopic (exact) mass is 310 g/mol. The number of morpholine rings is 1. The number of nitrogens with one attached hydrogen (secondary N) is 1. The van der Waals surface area contributed by atoms with E-state index in [1.165, 1.54) is 5.56 Å². The number of thiophene rings is 1. The molecule has 21 heavy (non-hydrogen) atoms. The Hall–Kier alpha value is -0.910. The van der Waals surface area contributed by atoms with Crippen molar-refractivity contribution in [2.75, 3.05) is 19.6 Å². The molecule has 2 rings (SSSR count). The van der Waals surface area contributed by atoms with Gasteiger partial charge in [0.2, 0.25) is 5.91 Å². The number of amides is 1. The third kappa shape index (κ3) is 5.41. The maximum atomic E-state index is 11.9. The van der Waals surface area contributed by atoms with Crippen molar-refractivity contribution in [1.82, 2.24) is 10.2 Å². The number of nitrogens with zero attached hydrogens (tertiary/aromatic N) is 1. The first kappa shape index (κ1) is 16.5. The van der Waals surface area contributed by atoms with E-state index in [9.17, 15) is 4.79 Å². The van der Waals surface area contributed by atoms with Gasteiger partial charge in [-0.05, 0) is 49.6 Å². The molecule has 0 spiro atoms. The largest absolute Gasteiger partial charge is 0.373 e. The molecule has 1 aliphatic heterocycles. The molecule has 4 nitrogen and oxygen atoms in total. The minimum absolute atomic E-state index is 0.141. The van der Waals surface area contributed by atoms with Gasteiger partial charge in [0, 0.05) is 32.1 Å². The molecule has 1 saturated heterocycles. The zero-order valence-electron chi connectivity index (χ0n) is 13.2. The van der Waals surface area contributed by atoms with Gasteiger partial charge in [-0.3, -0.25) is 9.69 Å². The summed E-state index contributed by atoms with van der Waals surface area (Å²) in [6, 6.07) is 2.43. The fourth-order valence-electron chi connectivity index (χ4n) is 2.75. The number of carbonyl (C=O) groups is 1. The Balaban J connectivity index is 1.68. The van der Waals surface area contributed by atoms with E-state index in [0.717, 1.165) is 19.5 Å². The molecule has 118 valence electrons. The fraction of sp³-hybridized carbons (Fsp3) is 0.688. The molecule has 1 aliphatic rings. The number of hydrogen-bond acceptors (Lipinski definition) is 4. The second kappa shape index (κ2) is 7.92. The van der Waals surface area contributed by atoms with Gasteiger partial charge in [0.25, 0.3) is 0 Å². The quantitative estimate of drug-likeness (QED) is 0.876. The van der Waals surface area contributed by atoms with E-state index in [4.69, 9.17) is 4.74 Å². The summed E-state index contributed by atoms with van der Waals surface area (Å²) in [5.74, 6) is 0.141. The van der Waals surface area contributed by atoms with Crippen LogP contribution in [0.15, 0.2) is 16.8 Å². The minimum Gasteiger partial charge on any atom is -0.373 e. The second-order valence-corrected chi connectivity index (χ2v) is 6.78. The van der Waals surface area contributed by atoms with Crippen LogP contribution in [0.25, 0.3) is 0 Å². The first-order valence-corrected chi connectivity index (χ1v) is 8.66. The molecule has 1 N–H and O–H groups in total. The van der Waals surface area contributed by atoms with E-state index in [-0.39, 0.29) is 18.1 Å². The summed E-state index contributed by atoms with van der Waals surface area (Å²) < 4.78 is 5.74. The average Bonchev–Trinajstić information content (AvgIpc) is 2.94. The number of aryl methyl sites for hydroxylation is 1. The Labute approximate surface area is 131 Å². The van der Waals surface area contributed by atoms with Crippen molar-refractivity contribution in [1.29, 1.82) is 0 Å². The van der Waals surface area contributed by atoms with E-state index in [2.05, 4.69) is 47.8 Å². The summed E-state index contributed by atoms with van der Waals surface area (Å²) in [6.07, 6.45) is 1.94. The molecule has 0 radical (unpaired) electrons. The summed E-state index contributed by atoms with van der Waals surface area (Å²) in [6.45, 7) is 8.97. The maximum absolute atomic E-state index is 11.9. The third-order valence-electron chi connectivity index (χ3n) is 3.89. The van der Waals surface area contributed by atoms with E-state index in [0.29, 0.717) is 19.0 Å². The predicted molar refractivity (Wildman–Crippen MR) is 86.7 cm³/mol. The van der Waals surface area contributed by atoms with Crippen molar-refractivity contribution in [2.45, 2.75) is 51.9 Å². The van der Waals surface area contributed by atoms with Gasteiger partial charge in [0.15, 0.2) is 0 Å². The van der Waals surface area contributed by atoms with Crippen molar-refractivity contribution in [2.24, 2.45) is 0 Å². The highest BCUT2D eigenvalue weighted by Gasteiger charge is 2.25. The van der Waals surface area contributed by atoms with E-state index >= 15 is 0 Å². The molecule has 0 aromatic carbocycles. The molecule has 5 heteroatoms. The second-order valence-electron chi connectivity index (χ2n) is 6.00. The van der Waals surface area contributed by atoms with Crippen LogP contribution in [-0.4, -0.2) is 48.7 Å². The van der Waals surface area contributed by atoms with Gasteiger partial charge in [0.05, 0.1) is 12.2 Å². The number of hydrogen-bond donors (Lipinski definition) is 1. The minimum atomic E-state index is 0.141. The van der Waals surface area contributed by atoms with E-state index < -0.39 is 0 Å². The van der Waals surface area contributed by atoms with Crippen LogP contribution in [0.2, 0.25) is 0 Å². The Morgan fingerprint density at radius 1 is 1.48 bits per heavy atom. The Morgan fingerprint density at radius 3 is 2.81 bits per heavy atom. The summed E-state index contributed by atoms with van der Waals surface area (Å²) >= 11 is 1.68. The molecule has 0 aliphatic carbocycles. The smallest absolute Gasteiger partial charge is 0.220 e. The highest BCUT2D eigenvalue weighted by Crippen LogP contribution is 2.13. The Bertz CT molecular complexity index is 425. The lowest BCUT2D eigenvalue weighted by Crippen LogP contribution is -2.52. The lowest BCUT2D eigenvalue weighted by atomic mass is 10.1. The van der Waals surface area contributed by atoms with Gasteiger partial charge in [-0.25, -0.2) is 0 Å². The molecule has 1 aromatic heterocycles. The standard InChI is InChI=1S/C16H26N2O2S/c1-12(18-9-13(2)20-14(3)10-18)8-17-16(19)5-4-15-6-7-21-11-15/h6-7,11-14H,4-5,8-10H2,1-3H3,(H,17,19)/t12-,13-,14+/m0/s1. The summed E-state index contributed by atoms with van der Waals surface area (Å²) in [5.41, 5.74) is 1.25. The fourth-order valence-corrected chi connectivity index (χ4v) is 3.45. The number of ether oxygens (including phenoxy) is 1. The van der Waals surface area contributed by atoms with Crippen molar-refractivity contribution < 1.29 is 9.53 Å². The normalized spacial score (nSPS) is 24.7. The number of carbonyl (C=O) groups excluding carboxylic acids is 1. The zero-order valence-corrected chi connectivity index (χ0v) is 14.0. The van der Waals surface area contributed by atoms with Gasteiger partial charge in [-0.1, -0.05) is 0 Å². The van der Waals surface area contributed by atoms with Crippen LogP contribution in [0.1, 0.15) is 32.8 Å². The molecule has 0 bridgehead atoms. The first-order chi connectivity index (χ1) is 10.0. The highest BCUT2D eigenvalue weighted by atomic mass is 32.1. The van der Waals surface area contributed by atoms with Gasteiger partial charge in [0.1, 0.15) is 0 Å². The van der Waals surface area contributed by atoms with Crippen LogP contribution in [0, 0.1) is 0 Å². The van der Waals surface area contributed by atoms with Crippen LogP contribution < -0.4 is 5.32 Å². The van der Waals surface area contributed by atoms with E-state index in [1.807, 2.05) is 0 Å². The highest BCUT2D eigenvalue weighted by molar-refractivity contribution is 7.07. The van der Waals surface area contributed by atoms with Gasteiger partial charge >= 0.3 is 0 Å². The maximum Gasteiger partial charge on any atom is 0.220 e. The average molecular weight is 310 g/mol. The Morgan fingerprint density at radius 2 is 2.19 bits per heavy atom. The molecule has 1 aromatic rings. The van der Waals surface area contributed by atoms with Crippen LogP contribution in [0.4, 0.5) is 0 Å². The molecule has 2 heterocycles. The van der Waals surface area contributed by atoms with E-state index in [1.54, 1.807) is 11.3 Å². The molecular formula is C16H26N2O2S. The van der Waals surface area contributed by atoms with Crippen LogP contribution in [0.5, 0.6) is 0 Å². The van der Waals surface area contributed by atoms with Crippen molar-refractivity contribution in [3.63, 3.8) is 0 Å². The van der Waals surface area contributed by atoms with Crippen molar-refractivity contribution in [3.8, 4) is 0 Å². The predicted octanol–water partition coefficient (Wildman–Crippen LogP) is 2.29. The summed E-state index contributed by atoms with van der Waals surface area (Å²) in [7, 11) is 0. The van der Waals surface area contributed by atoms with Crippen LogP contribution in [-0.2, 0) is 16.0 Å². The number of rotatable bonds is 6. The van der Waals surface area contributed by atoms with Crippen molar-refractivity contribution in [3.05, 3.63) is 22.4 Å². The first-order valence-electron chi connectivity index (χ1n) is 7.72. The van der Waals surface area contributed by atoms with Gasteiger partial charge in [-0.2, -0.15) is 11.3 Å². The molecule has 0 saturated carbocycles.